The summed E-state index contributed by atoms with van der Waals surface area (Å²) in [4.78, 5) is 11.4. The number of halogens is 4. The van der Waals surface area contributed by atoms with Crippen LogP contribution in [0.4, 0.5) is 17.6 Å². The van der Waals surface area contributed by atoms with Gasteiger partial charge in [0.05, 0.1) is 6.54 Å². The Hall–Kier alpha value is -1.63. The fourth-order valence-electron chi connectivity index (χ4n) is 2.37. The molecule has 0 saturated heterocycles. The van der Waals surface area contributed by atoms with Gasteiger partial charge in [-0.3, -0.25) is 5.32 Å². The first-order valence-electron chi connectivity index (χ1n) is 5.59. The number of aryl methyl sites for hydroxylation is 1. The molecule has 3 nitrogen and oxygen atoms in total. The predicted molar refractivity (Wildman–Crippen MR) is 58.1 cm³/mol. The van der Waals surface area contributed by atoms with E-state index in [1.807, 2.05) is 0 Å². The summed E-state index contributed by atoms with van der Waals surface area (Å²) in [6.45, 7) is -1.41. The Morgan fingerprint density at radius 3 is 2.68 bits per heavy atom. The van der Waals surface area contributed by atoms with Crippen LogP contribution in [0.3, 0.4) is 0 Å². The second-order valence-electron chi connectivity index (χ2n) is 4.48. The number of benzene rings is 1. The van der Waals surface area contributed by atoms with Crippen LogP contribution in [-0.4, -0.2) is 23.8 Å². The number of hydrogen-bond donors (Lipinski definition) is 2. The second kappa shape index (κ2) is 4.48. The van der Waals surface area contributed by atoms with Crippen LogP contribution in [0.5, 0.6) is 0 Å². The third-order valence-electron chi connectivity index (χ3n) is 3.25. The van der Waals surface area contributed by atoms with E-state index >= 15 is 0 Å². The summed E-state index contributed by atoms with van der Waals surface area (Å²) >= 11 is 0. The van der Waals surface area contributed by atoms with Gasteiger partial charge in [0, 0.05) is 0 Å². The van der Waals surface area contributed by atoms with Crippen molar-refractivity contribution in [2.24, 2.45) is 0 Å². The minimum Gasteiger partial charge on any atom is -0.480 e. The van der Waals surface area contributed by atoms with Gasteiger partial charge in [0.15, 0.2) is 0 Å². The largest absolute Gasteiger partial charge is 0.480 e. The van der Waals surface area contributed by atoms with E-state index in [9.17, 15) is 27.5 Å². The number of nitrogens with one attached hydrogen (secondary N) is 1. The molecule has 0 fully saturated rings. The number of fused-ring (bicyclic) bond motifs is 1. The van der Waals surface area contributed by atoms with Crippen molar-refractivity contribution in [3.8, 4) is 0 Å². The third kappa shape index (κ3) is 2.56. The molecule has 7 heteroatoms. The molecule has 0 radical (unpaired) electrons. The Bertz CT molecular complexity index is 515. The van der Waals surface area contributed by atoms with Crippen molar-refractivity contribution >= 4 is 5.97 Å². The number of hydrogen-bond acceptors (Lipinski definition) is 2. The van der Waals surface area contributed by atoms with Crippen molar-refractivity contribution in [2.45, 2.75) is 24.6 Å². The van der Waals surface area contributed by atoms with E-state index in [2.05, 4.69) is 5.32 Å². The van der Waals surface area contributed by atoms with Gasteiger partial charge in [-0.2, -0.15) is 13.2 Å². The summed E-state index contributed by atoms with van der Waals surface area (Å²) in [6.07, 6.45) is -4.31. The lowest BCUT2D eigenvalue weighted by molar-refractivity contribution is -0.150. The van der Waals surface area contributed by atoms with Gasteiger partial charge >= 0.3 is 12.1 Å². The van der Waals surface area contributed by atoms with Crippen molar-refractivity contribution < 1.29 is 27.5 Å². The number of alkyl halides is 3. The van der Waals surface area contributed by atoms with E-state index in [0.717, 1.165) is 12.1 Å². The van der Waals surface area contributed by atoms with E-state index < -0.39 is 30.0 Å². The first-order chi connectivity index (χ1) is 8.74. The molecular weight excluding hydrogens is 266 g/mol. The Morgan fingerprint density at radius 1 is 1.42 bits per heavy atom. The van der Waals surface area contributed by atoms with Crippen LogP contribution in [0.2, 0.25) is 0 Å². The van der Waals surface area contributed by atoms with Gasteiger partial charge < -0.3 is 5.11 Å². The van der Waals surface area contributed by atoms with Gasteiger partial charge in [-0.25, -0.2) is 9.18 Å². The van der Waals surface area contributed by atoms with Crippen molar-refractivity contribution in [1.82, 2.24) is 5.32 Å². The number of carboxylic acids is 1. The summed E-state index contributed by atoms with van der Waals surface area (Å²) in [7, 11) is 0. The first-order valence-corrected chi connectivity index (χ1v) is 5.59. The maximum atomic E-state index is 13.0. The highest BCUT2D eigenvalue weighted by atomic mass is 19.4. The predicted octanol–water partition coefficient (Wildman–Crippen LogP) is 2.20. The second-order valence-corrected chi connectivity index (χ2v) is 4.48. The van der Waals surface area contributed by atoms with Crippen LogP contribution in [0.1, 0.15) is 17.5 Å². The van der Waals surface area contributed by atoms with Crippen molar-refractivity contribution in [1.29, 1.82) is 0 Å². The summed E-state index contributed by atoms with van der Waals surface area (Å²) in [5.41, 5.74) is -1.17. The number of carbonyl (C=O) groups is 1. The summed E-state index contributed by atoms with van der Waals surface area (Å²) in [6, 6.07) is 3.45. The molecule has 0 heterocycles. The number of aliphatic carboxylic acids is 1. The zero-order chi connectivity index (χ0) is 14.3. The van der Waals surface area contributed by atoms with Crippen LogP contribution in [0.15, 0.2) is 18.2 Å². The molecule has 0 saturated carbocycles. The van der Waals surface area contributed by atoms with E-state index in [0.29, 0.717) is 5.56 Å². The van der Waals surface area contributed by atoms with Crippen LogP contribution < -0.4 is 5.32 Å². The fourth-order valence-corrected chi connectivity index (χ4v) is 2.37. The lowest BCUT2D eigenvalue weighted by atomic mass is 9.91. The van der Waals surface area contributed by atoms with Crippen LogP contribution in [0.25, 0.3) is 0 Å². The van der Waals surface area contributed by atoms with E-state index in [1.165, 1.54) is 6.07 Å². The van der Waals surface area contributed by atoms with Crippen molar-refractivity contribution in [3.63, 3.8) is 0 Å². The Labute approximate surface area is 106 Å². The highest BCUT2D eigenvalue weighted by Crippen LogP contribution is 2.38. The molecule has 1 aromatic rings. The Morgan fingerprint density at radius 2 is 2.11 bits per heavy atom. The molecule has 2 rings (SSSR count). The highest BCUT2D eigenvalue weighted by molar-refractivity contribution is 5.82. The molecule has 0 aromatic heterocycles. The van der Waals surface area contributed by atoms with Gasteiger partial charge in [0.1, 0.15) is 11.4 Å². The van der Waals surface area contributed by atoms with Crippen molar-refractivity contribution in [3.05, 3.63) is 35.1 Å². The number of rotatable bonds is 3. The molecule has 2 N–H and O–H groups in total. The molecule has 1 unspecified atom stereocenters. The molecule has 1 aromatic carbocycles. The van der Waals surface area contributed by atoms with Gasteiger partial charge in [-0.1, -0.05) is 6.07 Å². The normalized spacial score (nSPS) is 22.3. The molecule has 0 aliphatic heterocycles. The van der Waals surface area contributed by atoms with Crippen LogP contribution >= 0.6 is 0 Å². The van der Waals surface area contributed by atoms with Gasteiger partial charge in [-0.05, 0) is 36.1 Å². The SMILES string of the molecule is O=C(O)C1(NCC(F)(F)F)CCc2cc(F)ccc21. The molecule has 0 bridgehead atoms. The van der Waals surface area contributed by atoms with Gasteiger partial charge in [0.25, 0.3) is 0 Å². The maximum absolute atomic E-state index is 13.0. The molecule has 104 valence electrons. The first kappa shape index (κ1) is 13.8. The highest BCUT2D eigenvalue weighted by Gasteiger charge is 2.47. The van der Waals surface area contributed by atoms with E-state index in [1.54, 1.807) is 0 Å². The molecule has 1 aliphatic carbocycles. The van der Waals surface area contributed by atoms with Gasteiger partial charge in [-0.15, -0.1) is 0 Å². The monoisotopic (exact) mass is 277 g/mol. The lowest BCUT2D eigenvalue weighted by Gasteiger charge is -2.27. The van der Waals surface area contributed by atoms with Gasteiger partial charge in [0.2, 0.25) is 0 Å². The third-order valence-corrected chi connectivity index (χ3v) is 3.25. The minimum absolute atomic E-state index is 0.0306. The molecule has 1 atom stereocenters. The average Bonchev–Trinajstić information content (AvgIpc) is 2.64. The van der Waals surface area contributed by atoms with Crippen LogP contribution in [-0.2, 0) is 16.8 Å². The Kier molecular flexibility index (Phi) is 3.25. The minimum atomic E-state index is -4.51. The average molecular weight is 277 g/mol. The lowest BCUT2D eigenvalue weighted by Crippen LogP contribution is -2.50. The molecule has 0 amide bonds. The quantitative estimate of drug-likeness (QED) is 0.833. The van der Waals surface area contributed by atoms with E-state index in [-0.39, 0.29) is 18.4 Å². The number of carboxylic acid groups (broad SMARTS) is 1. The maximum Gasteiger partial charge on any atom is 0.401 e. The summed E-state index contributed by atoms with van der Waals surface area (Å²) in [5, 5.41) is 11.3. The zero-order valence-corrected chi connectivity index (χ0v) is 9.72. The molecule has 1 aliphatic rings. The van der Waals surface area contributed by atoms with Crippen LogP contribution in [0, 0.1) is 5.82 Å². The molecule has 0 spiro atoms. The molecule has 19 heavy (non-hydrogen) atoms. The van der Waals surface area contributed by atoms with E-state index in [4.69, 9.17) is 0 Å². The topological polar surface area (TPSA) is 49.3 Å². The van der Waals surface area contributed by atoms with Crippen molar-refractivity contribution in [2.75, 3.05) is 6.54 Å². The fraction of sp³-hybridized carbons (Fsp3) is 0.417. The summed E-state index contributed by atoms with van der Waals surface area (Å²) < 4.78 is 49.8. The Balaban J connectivity index is 2.36. The smallest absolute Gasteiger partial charge is 0.401 e. The molecular formula is C12H11F4NO2. The summed E-state index contributed by atoms with van der Waals surface area (Å²) in [5.74, 6) is -1.92. The zero-order valence-electron chi connectivity index (χ0n) is 9.72. The standard InChI is InChI=1S/C12H11F4NO2/c13-8-1-2-9-7(5-8)3-4-11(9,10(18)19)17-6-12(14,15)16/h1-2,5,17H,3-4,6H2,(H,18,19).